The van der Waals surface area contributed by atoms with Crippen LogP contribution >= 0.6 is 27.3 Å². The minimum atomic E-state index is -0.0740. The maximum atomic E-state index is 6.00. The topological polar surface area (TPSA) is 39.2 Å². The van der Waals surface area contributed by atoms with E-state index in [4.69, 9.17) is 10.2 Å². The monoisotopic (exact) mass is 257 g/mol. The van der Waals surface area contributed by atoms with Gasteiger partial charge in [0.1, 0.15) is 0 Å². The molecule has 1 unspecified atom stereocenters. The van der Waals surface area contributed by atoms with Crippen LogP contribution < -0.4 is 5.73 Å². The molecule has 0 aliphatic heterocycles. The molecule has 0 saturated carbocycles. The van der Waals surface area contributed by atoms with Gasteiger partial charge in [-0.1, -0.05) is 0 Å². The number of hydrogen-bond donors (Lipinski definition) is 1. The van der Waals surface area contributed by atoms with E-state index in [1.54, 1.807) is 23.9 Å². The normalized spacial score (nSPS) is 13.1. The molecule has 0 fully saturated rings. The minimum absolute atomic E-state index is 0.0740. The zero-order valence-electron chi connectivity index (χ0n) is 6.74. The fourth-order valence-electron chi connectivity index (χ4n) is 1.11. The highest BCUT2D eigenvalue weighted by Crippen LogP contribution is 2.29. The molecule has 2 aromatic rings. The van der Waals surface area contributed by atoms with Crippen molar-refractivity contribution < 1.29 is 4.42 Å². The summed E-state index contributed by atoms with van der Waals surface area (Å²) in [5, 5.41) is 0. The van der Waals surface area contributed by atoms with Gasteiger partial charge in [-0.2, -0.15) is 0 Å². The van der Waals surface area contributed by atoms with Crippen LogP contribution in [0.1, 0.15) is 16.5 Å². The minimum Gasteiger partial charge on any atom is -0.472 e. The van der Waals surface area contributed by atoms with E-state index in [2.05, 4.69) is 15.9 Å². The van der Waals surface area contributed by atoms with Gasteiger partial charge in [0, 0.05) is 10.4 Å². The van der Waals surface area contributed by atoms with E-state index < -0.39 is 0 Å². The van der Waals surface area contributed by atoms with Crippen LogP contribution in [0.15, 0.2) is 38.9 Å². The highest BCUT2D eigenvalue weighted by Gasteiger charge is 2.11. The van der Waals surface area contributed by atoms with Gasteiger partial charge in [-0.25, -0.2) is 0 Å². The second-order valence-electron chi connectivity index (χ2n) is 2.68. The third kappa shape index (κ3) is 1.85. The predicted molar refractivity (Wildman–Crippen MR) is 56.8 cm³/mol. The summed E-state index contributed by atoms with van der Waals surface area (Å²) in [5.41, 5.74) is 7.01. The first-order valence-corrected chi connectivity index (χ1v) is 5.41. The maximum Gasteiger partial charge on any atom is 0.0954 e. The maximum absolute atomic E-state index is 6.00. The Morgan fingerprint density at radius 3 is 2.77 bits per heavy atom. The molecule has 0 aromatic carbocycles. The molecule has 0 radical (unpaired) electrons. The van der Waals surface area contributed by atoms with Gasteiger partial charge in [-0.15, -0.1) is 11.3 Å². The average molecular weight is 258 g/mol. The second-order valence-corrected chi connectivity index (χ2v) is 5.17. The van der Waals surface area contributed by atoms with E-state index in [0.717, 1.165) is 14.2 Å². The number of furan rings is 1. The van der Waals surface area contributed by atoms with Gasteiger partial charge in [0.25, 0.3) is 0 Å². The van der Waals surface area contributed by atoms with Gasteiger partial charge < -0.3 is 10.2 Å². The lowest BCUT2D eigenvalue weighted by molar-refractivity contribution is 0.562. The summed E-state index contributed by atoms with van der Waals surface area (Å²) in [6, 6.07) is 5.83. The molecule has 0 saturated heterocycles. The number of nitrogens with two attached hydrogens (primary N) is 1. The van der Waals surface area contributed by atoms with Crippen molar-refractivity contribution in [3.05, 3.63) is 45.0 Å². The first-order valence-electron chi connectivity index (χ1n) is 3.80. The van der Waals surface area contributed by atoms with Crippen molar-refractivity contribution in [1.82, 2.24) is 0 Å². The Morgan fingerprint density at radius 2 is 2.23 bits per heavy atom. The largest absolute Gasteiger partial charge is 0.472 e. The van der Waals surface area contributed by atoms with Crippen LogP contribution in [0.2, 0.25) is 0 Å². The first-order chi connectivity index (χ1) is 6.27. The third-order valence-corrected chi connectivity index (χ3v) is 3.51. The third-order valence-electron chi connectivity index (χ3n) is 1.80. The quantitative estimate of drug-likeness (QED) is 0.898. The molecule has 0 spiro atoms. The van der Waals surface area contributed by atoms with E-state index in [1.807, 2.05) is 18.2 Å². The van der Waals surface area contributed by atoms with Crippen molar-refractivity contribution in [1.29, 1.82) is 0 Å². The predicted octanol–water partition coefficient (Wildman–Crippen LogP) is 3.15. The summed E-state index contributed by atoms with van der Waals surface area (Å²) in [7, 11) is 0. The molecule has 0 aliphatic carbocycles. The van der Waals surface area contributed by atoms with Gasteiger partial charge in [0.2, 0.25) is 0 Å². The molecule has 2 aromatic heterocycles. The van der Waals surface area contributed by atoms with Gasteiger partial charge in [0.05, 0.1) is 22.4 Å². The van der Waals surface area contributed by atoms with Crippen molar-refractivity contribution in [3.8, 4) is 0 Å². The molecule has 13 heavy (non-hydrogen) atoms. The van der Waals surface area contributed by atoms with E-state index in [0.29, 0.717) is 0 Å². The number of thiophene rings is 1. The standard InChI is InChI=1S/C9H8BrNOS/c10-8-2-1-7(13-8)9(11)6-3-4-12-5-6/h1-5,9H,11H2. The first kappa shape index (κ1) is 8.99. The molecule has 0 aliphatic rings. The zero-order valence-corrected chi connectivity index (χ0v) is 9.14. The lowest BCUT2D eigenvalue weighted by atomic mass is 10.1. The van der Waals surface area contributed by atoms with Crippen LogP contribution in [0.25, 0.3) is 0 Å². The molecule has 1 atom stereocenters. The van der Waals surface area contributed by atoms with E-state index >= 15 is 0 Å². The summed E-state index contributed by atoms with van der Waals surface area (Å²) in [4.78, 5) is 1.13. The molecular formula is C9H8BrNOS. The fourth-order valence-corrected chi connectivity index (χ4v) is 2.56. The lowest BCUT2D eigenvalue weighted by Gasteiger charge is -2.04. The second kappa shape index (κ2) is 3.65. The Balaban J connectivity index is 2.28. The van der Waals surface area contributed by atoms with Gasteiger partial charge in [-0.3, -0.25) is 0 Å². The van der Waals surface area contributed by atoms with Crippen LogP contribution in [-0.2, 0) is 0 Å². The lowest BCUT2D eigenvalue weighted by Crippen LogP contribution is -2.08. The molecule has 2 rings (SSSR count). The Hall–Kier alpha value is -0.580. The molecule has 0 amide bonds. The Labute approximate surface area is 88.5 Å². The molecular weight excluding hydrogens is 250 g/mol. The summed E-state index contributed by atoms with van der Waals surface area (Å²) in [6.07, 6.45) is 3.32. The zero-order chi connectivity index (χ0) is 9.26. The van der Waals surface area contributed by atoms with Crippen molar-refractivity contribution in [2.45, 2.75) is 6.04 Å². The Kier molecular flexibility index (Phi) is 2.53. The van der Waals surface area contributed by atoms with Gasteiger partial charge in [0.15, 0.2) is 0 Å². The molecule has 2 nitrogen and oxygen atoms in total. The smallest absolute Gasteiger partial charge is 0.0954 e. The summed E-state index contributed by atoms with van der Waals surface area (Å²) >= 11 is 5.05. The van der Waals surface area contributed by atoms with Crippen molar-refractivity contribution in [3.63, 3.8) is 0 Å². The van der Waals surface area contributed by atoms with Crippen LogP contribution in [0.3, 0.4) is 0 Å². The molecule has 0 bridgehead atoms. The number of hydrogen-bond acceptors (Lipinski definition) is 3. The fraction of sp³-hybridized carbons (Fsp3) is 0.111. The highest BCUT2D eigenvalue weighted by molar-refractivity contribution is 9.11. The number of rotatable bonds is 2. The van der Waals surface area contributed by atoms with E-state index in [-0.39, 0.29) is 6.04 Å². The van der Waals surface area contributed by atoms with Crippen LogP contribution in [0.4, 0.5) is 0 Å². The molecule has 4 heteroatoms. The van der Waals surface area contributed by atoms with E-state index in [9.17, 15) is 0 Å². The Bertz CT molecular complexity index is 382. The van der Waals surface area contributed by atoms with Crippen molar-refractivity contribution >= 4 is 27.3 Å². The average Bonchev–Trinajstić information content (AvgIpc) is 2.72. The summed E-state index contributed by atoms with van der Waals surface area (Å²) < 4.78 is 6.08. The molecule has 2 N–H and O–H groups in total. The Morgan fingerprint density at radius 1 is 1.38 bits per heavy atom. The van der Waals surface area contributed by atoms with Gasteiger partial charge in [-0.05, 0) is 34.1 Å². The van der Waals surface area contributed by atoms with Crippen LogP contribution in [-0.4, -0.2) is 0 Å². The van der Waals surface area contributed by atoms with Crippen molar-refractivity contribution in [2.24, 2.45) is 5.73 Å². The summed E-state index contributed by atoms with van der Waals surface area (Å²) in [6.45, 7) is 0. The molecule has 68 valence electrons. The van der Waals surface area contributed by atoms with Crippen LogP contribution in [0.5, 0.6) is 0 Å². The summed E-state index contributed by atoms with van der Waals surface area (Å²) in [5.74, 6) is 0. The van der Waals surface area contributed by atoms with Crippen molar-refractivity contribution in [2.75, 3.05) is 0 Å². The SMILES string of the molecule is NC(c1ccoc1)c1ccc(Br)s1. The van der Waals surface area contributed by atoms with E-state index in [1.165, 1.54) is 0 Å². The molecule has 2 heterocycles. The van der Waals surface area contributed by atoms with Crippen LogP contribution in [0, 0.1) is 0 Å². The highest BCUT2D eigenvalue weighted by atomic mass is 79.9. The van der Waals surface area contributed by atoms with Gasteiger partial charge >= 0.3 is 0 Å². The number of halogens is 1.